The van der Waals surface area contributed by atoms with E-state index in [0.717, 1.165) is 18.6 Å². The summed E-state index contributed by atoms with van der Waals surface area (Å²) in [5.74, 6) is -2.70. The topological polar surface area (TPSA) is 132 Å². The number of ether oxygens (including phenoxy) is 1. The van der Waals surface area contributed by atoms with Crippen molar-refractivity contribution in [3.8, 4) is 23.2 Å². The van der Waals surface area contributed by atoms with E-state index in [0.29, 0.717) is 30.4 Å². The molecule has 1 amide bonds. The number of nitriles is 1. The maximum atomic E-state index is 17.1. The molecule has 10 nitrogen and oxygen atoms in total. The van der Waals surface area contributed by atoms with Crippen LogP contribution in [0, 0.1) is 23.0 Å². The third kappa shape index (κ3) is 5.77. The van der Waals surface area contributed by atoms with Crippen LogP contribution in [0.25, 0.3) is 32.1 Å². The lowest BCUT2D eigenvalue weighted by molar-refractivity contribution is -0.137. The number of hydrogen-bond acceptors (Lipinski definition) is 10. The largest absolute Gasteiger partial charge is 0.461 e. The minimum absolute atomic E-state index is 0.0520. The molecule has 3 aliphatic heterocycles. The molecule has 2 aromatic carbocycles. The second-order valence-electron chi connectivity index (χ2n) is 13.5. The highest BCUT2D eigenvalue weighted by Crippen LogP contribution is 2.48. The Morgan fingerprint density at radius 2 is 2.04 bits per heavy atom. The van der Waals surface area contributed by atoms with Gasteiger partial charge in [0.05, 0.1) is 34.0 Å². The summed E-state index contributed by atoms with van der Waals surface area (Å²) in [6, 6.07) is 2.90. The first-order valence-corrected chi connectivity index (χ1v) is 17.1. The number of hydrogen-bond donors (Lipinski definition) is 2. The summed E-state index contributed by atoms with van der Waals surface area (Å²) in [4.78, 5) is 26.1. The zero-order valence-electron chi connectivity index (χ0n) is 27.5. The van der Waals surface area contributed by atoms with Crippen molar-refractivity contribution in [1.82, 2.24) is 19.8 Å². The Hall–Kier alpha value is -4.40. The number of rotatable bonds is 7. The summed E-state index contributed by atoms with van der Waals surface area (Å²) in [6.45, 7) is 1.94. The number of carbonyl (C=O) groups excluding carboxylic acids is 1. The van der Waals surface area contributed by atoms with Gasteiger partial charge >= 0.3 is 12.2 Å². The van der Waals surface area contributed by atoms with Crippen molar-refractivity contribution < 1.29 is 41.0 Å². The molecule has 3 N–H and O–H groups in total. The van der Waals surface area contributed by atoms with Crippen LogP contribution in [-0.2, 0) is 11.0 Å². The molecule has 0 spiro atoms. The fourth-order valence-corrected chi connectivity index (χ4v) is 9.02. The van der Waals surface area contributed by atoms with Crippen molar-refractivity contribution in [3.05, 3.63) is 41.0 Å². The number of halogens is 6. The number of amides is 1. The highest BCUT2D eigenvalue weighted by molar-refractivity contribution is 7.23. The Bertz CT molecular complexity index is 2110. The monoisotopic (exact) mass is 733 g/mol. The number of alkyl halides is 4. The van der Waals surface area contributed by atoms with E-state index in [2.05, 4.69) is 9.97 Å². The maximum Gasteiger partial charge on any atom is 0.417 e. The number of thiophene rings is 1. The zero-order valence-corrected chi connectivity index (χ0v) is 28.3. The van der Waals surface area contributed by atoms with E-state index in [9.17, 15) is 37.1 Å². The number of benzene rings is 2. The van der Waals surface area contributed by atoms with E-state index in [1.54, 1.807) is 6.07 Å². The summed E-state index contributed by atoms with van der Waals surface area (Å²) < 4.78 is 97.4. The van der Waals surface area contributed by atoms with E-state index in [-0.39, 0.29) is 82.9 Å². The van der Waals surface area contributed by atoms with Crippen LogP contribution in [0.1, 0.15) is 43.7 Å². The molecule has 7 rings (SSSR count). The quantitative estimate of drug-likeness (QED) is 0.232. The van der Waals surface area contributed by atoms with Crippen LogP contribution in [0.3, 0.4) is 0 Å². The molecular formula is C34H33F6N7O3S. The average Bonchev–Trinajstić information content (AvgIpc) is 3.84. The van der Waals surface area contributed by atoms with Gasteiger partial charge in [-0.25, -0.2) is 13.2 Å². The summed E-state index contributed by atoms with van der Waals surface area (Å²) >= 11 is 0.662. The Labute approximate surface area is 292 Å². The minimum atomic E-state index is -5.15. The van der Waals surface area contributed by atoms with Gasteiger partial charge in [0.25, 0.3) is 0 Å². The smallest absolute Gasteiger partial charge is 0.417 e. The number of carbonyl (C=O) groups is 1. The standard InChI is InChI=1S/C34H33F6N7O3S/c1-16(49)47-13-18(8-19(47)14-48)45(2)31-21-9-23(34(38,39)40)26(20-4-5-24(36)29-25(20)22(11-41)30(42)51-29)27(37)28(21)43-32(44-31)50-15-33-6-3-7-46(33)12-17(35)10-33/h4-5,9,17-19,48H,3,6-8,10,12-15,42H2,1-2H3. The van der Waals surface area contributed by atoms with Crippen molar-refractivity contribution in [1.29, 1.82) is 5.26 Å². The Morgan fingerprint density at radius 3 is 2.71 bits per heavy atom. The van der Waals surface area contributed by atoms with Crippen LogP contribution in [0.2, 0.25) is 0 Å². The normalized spacial score (nSPS) is 23.7. The van der Waals surface area contributed by atoms with Gasteiger partial charge in [0, 0.05) is 55.9 Å². The van der Waals surface area contributed by atoms with Crippen molar-refractivity contribution >= 4 is 49.1 Å². The van der Waals surface area contributed by atoms with Gasteiger partial charge in [-0.1, -0.05) is 6.07 Å². The van der Waals surface area contributed by atoms with Crippen LogP contribution in [0.5, 0.6) is 6.01 Å². The first-order chi connectivity index (χ1) is 24.2. The lowest BCUT2D eigenvalue weighted by atomic mass is 9.92. The second-order valence-corrected chi connectivity index (χ2v) is 14.5. The van der Waals surface area contributed by atoms with Crippen molar-refractivity contribution in [2.45, 2.75) is 62.6 Å². The SMILES string of the molecule is CC(=O)N1CC(N(C)c2nc(OCC34CCCN3CC(F)C4)nc3c(F)c(-c4ccc(F)c5sc(N)c(C#N)c45)c(C(F)(F)F)cc23)CC1CO. The number of likely N-dealkylation sites (N-methyl/N-ethyl adjacent to an activating group) is 1. The van der Waals surface area contributed by atoms with E-state index < -0.39 is 63.8 Å². The van der Waals surface area contributed by atoms with Gasteiger partial charge in [-0.3, -0.25) is 9.69 Å². The van der Waals surface area contributed by atoms with Crippen molar-refractivity contribution in [3.63, 3.8) is 0 Å². The van der Waals surface area contributed by atoms with Crippen LogP contribution in [-0.4, -0.2) is 94.5 Å². The molecule has 51 heavy (non-hydrogen) atoms. The highest BCUT2D eigenvalue weighted by Gasteiger charge is 2.49. The number of anilines is 2. The Morgan fingerprint density at radius 1 is 1.27 bits per heavy atom. The Balaban J connectivity index is 1.44. The van der Waals surface area contributed by atoms with Crippen molar-refractivity contribution in [2.24, 2.45) is 0 Å². The predicted octanol–water partition coefficient (Wildman–Crippen LogP) is 5.64. The lowest BCUT2D eigenvalue weighted by Gasteiger charge is -2.31. The number of aliphatic hydroxyl groups is 1. The number of aromatic nitrogens is 2. The third-order valence-corrected chi connectivity index (χ3v) is 11.5. The molecule has 4 unspecified atom stereocenters. The van der Waals surface area contributed by atoms with Gasteiger partial charge in [0.2, 0.25) is 5.91 Å². The number of nitrogens with zero attached hydrogens (tertiary/aromatic N) is 6. The Kier molecular flexibility index (Phi) is 8.70. The number of fused-ring (bicyclic) bond motifs is 3. The number of aliphatic hydroxyl groups excluding tert-OH is 1. The van der Waals surface area contributed by atoms with Gasteiger partial charge < -0.3 is 25.4 Å². The van der Waals surface area contributed by atoms with Gasteiger partial charge in [-0.05, 0) is 43.5 Å². The first-order valence-electron chi connectivity index (χ1n) is 16.3. The molecule has 3 fully saturated rings. The van der Waals surface area contributed by atoms with Crippen LogP contribution >= 0.6 is 11.3 Å². The van der Waals surface area contributed by atoms with E-state index >= 15 is 4.39 Å². The highest BCUT2D eigenvalue weighted by atomic mass is 32.1. The molecule has 0 radical (unpaired) electrons. The van der Waals surface area contributed by atoms with Gasteiger partial charge in [-0.15, -0.1) is 11.3 Å². The molecule has 0 bridgehead atoms. The van der Waals surface area contributed by atoms with Gasteiger partial charge in [0.15, 0.2) is 5.82 Å². The fraction of sp³-hybridized carbons (Fsp3) is 0.471. The lowest BCUT2D eigenvalue weighted by Crippen LogP contribution is -2.43. The summed E-state index contributed by atoms with van der Waals surface area (Å²) in [7, 11) is 1.53. The molecule has 3 aliphatic rings. The van der Waals surface area contributed by atoms with Crippen LogP contribution in [0.15, 0.2) is 18.2 Å². The molecule has 17 heteroatoms. The maximum absolute atomic E-state index is 17.1. The number of likely N-dealkylation sites (tertiary alicyclic amines) is 1. The third-order valence-electron chi connectivity index (χ3n) is 10.5. The zero-order chi connectivity index (χ0) is 36.6. The van der Waals surface area contributed by atoms with E-state index in [4.69, 9.17) is 10.5 Å². The molecule has 4 aromatic rings. The second kappa shape index (κ2) is 12.7. The van der Waals surface area contributed by atoms with Crippen LogP contribution < -0.4 is 15.4 Å². The molecule has 4 atom stereocenters. The van der Waals surface area contributed by atoms with E-state index in [1.165, 1.54) is 23.8 Å². The molecule has 5 heterocycles. The van der Waals surface area contributed by atoms with Gasteiger partial charge in [0.1, 0.15) is 41.0 Å². The summed E-state index contributed by atoms with van der Waals surface area (Å²) in [6.07, 6.45) is -4.33. The van der Waals surface area contributed by atoms with E-state index in [1.807, 2.05) is 4.90 Å². The van der Waals surface area contributed by atoms with Crippen molar-refractivity contribution in [2.75, 3.05) is 50.5 Å². The number of nitrogen functional groups attached to an aromatic ring is 1. The molecule has 0 aliphatic carbocycles. The minimum Gasteiger partial charge on any atom is -0.461 e. The first kappa shape index (κ1) is 35.0. The molecule has 3 saturated heterocycles. The molecular weight excluding hydrogens is 700 g/mol. The van der Waals surface area contributed by atoms with Gasteiger partial charge in [-0.2, -0.15) is 28.4 Å². The van der Waals surface area contributed by atoms with Crippen LogP contribution in [0.4, 0.5) is 37.2 Å². The molecule has 2 aromatic heterocycles. The summed E-state index contributed by atoms with van der Waals surface area (Å²) in [5.41, 5.74) is 1.67. The molecule has 270 valence electrons. The number of nitrogens with two attached hydrogens (primary N) is 1. The predicted molar refractivity (Wildman–Crippen MR) is 178 cm³/mol. The fourth-order valence-electron chi connectivity index (χ4n) is 8.07. The average molecular weight is 734 g/mol. The molecule has 0 saturated carbocycles. The summed E-state index contributed by atoms with van der Waals surface area (Å²) in [5, 5.41) is 19.0.